The molecule has 0 atom stereocenters. The molecule has 0 aliphatic rings. The van der Waals surface area contributed by atoms with E-state index in [1.54, 1.807) is 6.07 Å². The van der Waals surface area contributed by atoms with Gasteiger partial charge in [-0.1, -0.05) is 18.5 Å². The molecule has 94 valence electrons. The molecule has 0 bridgehead atoms. The molecular formula is C13H12BrClN2O. The predicted octanol–water partition coefficient (Wildman–Crippen LogP) is 3.72. The van der Waals surface area contributed by atoms with E-state index in [9.17, 15) is 4.79 Å². The van der Waals surface area contributed by atoms with Gasteiger partial charge in [-0.25, -0.2) is 4.98 Å². The first-order valence-electron chi connectivity index (χ1n) is 5.58. The molecule has 0 aliphatic heterocycles. The first kappa shape index (κ1) is 13.3. The highest BCUT2D eigenvalue weighted by atomic mass is 79.9. The van der Waals surface area contributed by atoms with Crippen molar-refractivity contribution in [1.29, 1.82) is 0 Å². The second-order valence-electron chi connectivity index (χ2n) is 3.99. The first-order chi connectivity index (χ1) is 8.52. The average molecular weight is 328 g/mol. The molecule has 0 saturated carbocycles. The molecule has 0 spiro atoms. The Labute approximate surface area is 118 Å². The van der Waals surface area contributed by atoms with E-state index in [0.717, 1.165) is 16.8 Å². The van der Waals surface area contributed by atoms with Gasteiger partial charge < -0.3 is 4.98 Å². The summed E-state index contributed by atoms with van der Waals surface area (Å²) in [6, 6.07) is 5.51. The zero-order valence-electron chi connectivity index (χ0n) is 10.1. The van der Waals surface area contributed by atoms with E-state index >= 15 is 0 Å². The van der Waals surface area contributed by atoms with Gasteiger partial charge in [-0.3, -0.25) is 4.79 Å². The Hall–Kier alpha value is -1.13. The van der Waals surface area contributed by atoms with Gasteiger partial charge in [0.05, 0.1) is 5.69 Å². The lowest BCUT2D eigenvalue weighted by Gasteiger charge is -2.08. The van der Waals surface area contributed by atoms with Crippen molar-refractivity contribution < 1.29 is 0 Å². The number of aryl methyl sites for hydroxylation is 2. The van der Waals surface area contributed by atoms with Crippen molar-refractivity contribution in [2.75, 3.05) is 0 Å². The summed E-state index contributed by atoms with van der Waals surface area (Å²) in [7, 11) is 0. The molecule has 2 aromatic rings. The summed E-state index contributed by atoms with van der Waals surface area (Å²) >= 11 is 9.17. The van der Waals surface area contributed by atoms with Gasteiger partial charge in [0, 0.05) is 10.6 Å². The molecule has 3 nitrogen and oxygen atoms in total. The lowest BCUT2D eigenvalue weighted by Crippen LogP contribution is -2.13. The van der Waals surface area contributed by atoms with Crippen molar-refractivity contribution in [3.63, 3.8) is 0 Å². The molecule has 0 saturated heterocycles. The lowest BCUT2D eigenvalue weighted by atomic mass is 10.1. The summed E-state index contributed by atoms with van der Waals surface area (Å²) in [6.07, 6.45) is 0.699. The van der Waals surface area contributed by atoms with Crippen molar-refractivity contribution in [2.45, 2.75) is 20.3 Å². The normalized spacial score (nSPS) is 10.7. The Kier molecular flexibility index (Phi) is 3.88. The van der Waals surface area contributed by atoms with Crippen LogP contribution in [0.1, 0.15) is 18.2 Å². The van der Waals surface area contributed by atoms with Crippen LogP contribution in [0.5, 0.6) is 0 Å². The standard InChI is InChI=1S/C13H12BrClN2O/c1-3-10-11(14)13(18)17-12(16-10)9-5-4-8(15)6-7(9)2/h4-6H,3H2,1-2H3,(H,16,17,18). The smallest absolute Gasteiger partial charge is 0.265 e. The van der Waals surface area contributed by atoms with E-state index in [1.807, 2.05) is 26.0 Å². The topological polar surface area (TPSA) is 45.8 Å². The van der Waals surface area contributed by atoms with Crippen molar-refractivity contribution in [3.05, 3.63) is 49.3 Å². The number of aromatic amines is 1. The Morgan fingerprint density at radius 1 is 1.44 bits per heavy atom. The number of halogens is 2. The molecule has 18 heavy (non-hydrogen) atoms. The van der Waals surface area contributed by atoms with Gasteiger partial charge in [0.1, 0.15) is 10.3 Å². The quantitative estimate of drug-likeness (QED) is 0.913. The Morgan fingerprint density at radius 2 is 2.17 bits per heavy atom. The lowest BCUT2D eigenvalue weighted by molar-refractivity contribution is 0.969. The van der Waals surface area contributed by atoms with Gasteiger partial charge in [0.25, 0.3) is 5.56 Å². The first-order valence-corrected chi connectivity index (χ1v) is 6.75. The summed E-state index contributed by atoms with van der Waals surface area (Å²) in [5, 5.41) is 0.673. The fourth-order valence-electron chi connectivity index (χ4n) is 1.76. The number of benzene rings is 1. The van der Waals surface area contributed by atoms with Crippen LogP contribution >= 0.6 is 27.5 Å². The van der Waals surface area contributed by atoms with Gasteiger partial charge in [-0.05, 0) is 53.0 Å². The highest BCUT2D eigenvalue weighted by Crippen LogP contribution is 2.23. The number of hydrogen-bond acceptors (Lipinski definition) is 2. The van der Waals surface area contributed by atoms with Crippen LogP contribution in [0.15, 0.2) is 27.5 Å². The molecule has 0 radical (unpaired) electrons. The summed E-state index contributed by atoms with van der Waals surface area (Å²) in [4.78, 5) is 19.0. The molecule has 1 N–H and O–H groups in total. The minimum Gasteiger partial charge on any atom is -0.306 e. The van der Waals surface area contributed by atoms with Crippen molar-refractivity contribution in [1.82, 2.24) is 9.97 Å². The molecule has 1 aromatic carbocycles. The molecular weight excluding hydrogens is 316 g/mol. The number of hydrogen-bond donors (Lipinski definition) is 1. The highest BCUT2D eigenvalue weighted by Gasteiger charge is 2.10. The third-order valence-electron chi connectivity index (χ3n) is 2.71. The summed E-state index contributed by atoms with van der Waals surface area (Å²) < 4.78 is 0.500. The van der Waals surface area contributed by atoms with Crippen LogP contribution in [0.4, 0.5) is 0 Å². The largest absolute Gasteiger partial charge is 0.306 e. The molecule has 1 aromatic heterocycles. The molecule has 5 heteroatoms. The highest BCUT2D eigenvalue weighted by molar-refractivity contribution is 9.10. The number of nitrogens with zero attached hydrogens (tertiary/aromatic N) is 1. The summed E-state index contributed by atoms with van der Waals surface area (Å²) in [5.41, 5.74) is 2.46. The maximum Gasteiger partial charge on any atom is 0.265 e. The number of aromatic nitrogens is 2. The maximum atomic E-state index is 11.8. The van der Waals surface area contributed by atoms with Crippen LogP contribution in [-0.4, -0.2) is 9.97 Å². The van der Waals surface area contributed by atoms with E-state index in [0.29, 0.717) is 21.7 Å². The van der Waals surface area contributed by atoms with Gasteiger partial charge in [0.15, 0.2) is 0 Å². The zero-order valence-corrected chi connectivity index (χ0v) is 12.4. The van der Waals surface area contributed by atoms with E-state index in [4.69, 9.17) is 11.6 Å². The monoisotopic (exact) mass is 326 g/mol. The van der Waals surface area contributed by atoms with Crippen molar-refractivity contribution in [3.8, 4) is 11.4 Å². The van der Waals surface area contributed by atoms with E-state index in [1.165, 1.54) is 0 Å². The van der Waals surface area contributed by atoms with Gasteiger partial charge in [-0.2, -0.15) is 0 Å². The van der Waals surface area contributed by atoms with Crippen molar-refractivity contribution >= 4 is 27.5 Å². The Morgan fingerprint density at radius 3 is 2.78 bits per heavy atom. The summed E-state index contributed by atoms with van der Waals surface area (Å²) in [5.74, 6) is 0.578. The number of H-pyrrole nitrogens is 1. The van der Waals surface area contributed by atoms with Crippen molar-refractivity contribution in [2.24, 2.45) is 0 Å². The second kappa shape index (κ2) is 5.24. The van der Waals surface area contributed by atoms with E-state index in [2.05, 4.69) is 25.9 Å². The van der Waals surface area contributed by atoms with Crippen LogP contribution in [0.2, 0.25) is 5.02 Å². The van der Waals surface area contributed by atoms with Gasteiger partial charge in [0.2, 0.25) is 0 Å². The molecule has 0 fully saturated rings. The fraction of sp³-hybridized carbons (Fsp3) is 0.231. The Balaban J connectivity index is 2.64. The molecule has 0 unspecified atom stereocenters. The van der Waals surface area contributed by atoms with Gasteiger partial charge in [-0.15, -0.1) is 0 Å². The van der Waals surface area contributed by atoms with Gasteiger partial charge >= 0.3 is 0 Å². The predicted molar refractivity (Wildman–Crippen MR) is 77.1 cm³/mol. The summed E-state index contributed by atoms with van der Waals surface area (Å²) in [6.45, 7) is 3.90. The Bertz CT molecular complexity index is 652. The number of rotatable bonds is 2. The van der Waals surface area contributed by atoms with Crippen LogP contribution in [0.25, 0.3) is 11.4 Å². The van der Waals surface area contributed by atoms with Crippen LogP contribution < -0.4 is 5.56 Å². The van der Waals surface area contributed by atoms with E-state index < -0.39 is 0 Å². The van der Waals surface area contributed by atoms with Crippen LogP contribution in [-0.2, 0) is 6.42 Å². The van der Waals surface area contributed by atoms with Crippen LogP contribution in [0, 0.1) is 6.92 Å². The fourth-order valence-corrected chi connectivity index (χ4v) is 2.45. The molecule has 2 rings (SSSR count). The molecule has 0 amide bonds. The SMILES string of the molecule is CCc1nc(-c2ccc(Cl)cc2C)[nH]c(=O)c1Br. The zero-order chi connectivity index (χ0) is 13.3. The third-order valence-corrected chi connectivity index (χ3v) is 3.76. The minimum absolute atomic E-state index is 0.161. The maximum absolute atomic E-state index is 11.8. The van der Waals surface area contributed by atoms with Crippen LogP contribution in [0.3, 0.4) is 0 Å². The minimum atomic E-state index is -0.161. The average Bonchev–Trinajstić information content (AvgIpc) is 2.32. The second-order valence-corrected chi connectivity index (χ2v) is 5.22. The molecule has 1 heterocycles. The third kappa shape index (κ3) is 2.49. The van der Waals surface area contributed by atoms with E-state index in [-0.39, 0.29) is 5.56 Å². The molecule has 0 aliphatic carbocycles. The number of nitrogens with one attached hydrogen (secondary N) is 1.